The van der Waals surface area contributed by atoms with Crippen molar-refractivity contribution in [1.82, 2.24) is 5.32 Å². The van der Waals surface area contributed by atoms with Gasteiger partial charge in [-0.15, -0.1) is 0 Å². The Morgan fingerprint density at radius 2 is 0.702 bits per heavy atom. The maximum atomic E-state index is 11.1. The van der Waals surface area contributed by atoms with Crippen LogP contribution in [0.5, 0.6) is 0 Å². The number of imide groups is 1. The van der Waals surface area contributed by atoms with Crippen LogP contribution in [-0.4, -0.2) is 69.4 Å². The van der Waals surface area contributed by atoms with Crippen LogP contribution < -0.4 is 22.5 Å². The molecule has 9 rings (SSSR count). The number of rotatable bonds is 4. The van der Waals surface area contributed by atoms with E-state index >= 15 is 0 Å². The number of nitrogens with zero attached hydrogens (tertiary/aromatic N) is 3. The molecule has 6 aliphatic carbocycles. The van der Waals surface area contributed by atoms with Gasteiger partial charge in [-0.05, 0) is 77.0 Å². The number of carbonyl (C=O) groups excluding carboxylic acids is 6. The second kappa shape index (κ2) is 56.4. The molecule has 0 aromatic heterocycles. The monoisotopic (exact) mass is 1190 g/mol. The average molecular weight is 1200 g/mol. The van der Waals surface area contributed by atoms with Gasteiger partial charge in [0.15, 0.2) is 0 Å². The molecule has 3 aliphatic heterocycles. The molecule has 12 atom stereocenters. The first kappa shape index (κ1) is 94.7. The van der Waals surface area contributed by atoms with Crippen molar-refractivity contribution in [1.29, 1.82) is 15.9 Å². The zero-order valence-corrected chi connectivity index (χ0v) is 50.5. The van der Waals surface area contributed by atoms with Crippen LogP contribution in [-0.2, 0) is 43.1 Å². The summed E-state index contributed by atoms with van der Waals surface area (Å²) in [6, 6.07) is 4.36. The highest BCUT2D eigenvalue weighted by atomic mass is 16.6. The lowest BCUT2D eigenvalue weighted by Crippen LogP contribution is -2.39. The first-order valence-electron chi connectivity index (χ1n) is 30.4. The SMILES string of the molecule is C.C.C.C.C.CC.CC.CC.CC.CC.CC.N#CC1CCCC[C@@H]1C#N.N=C1N=C(N)C2CCCC[C@H]12.NC(=O)C1CCCC[C@@H]1C(N)=O.O=C(O)C1CCCC[C@@H]1C(=O)O.O=C1NC(=O)[C@H]2CCCCC12.O=C1OC(=O)[C@H]2CCCCC12. The number of hydrogen-bond acceptors (Lipinski definition) is 13. The van der Waals surface area contributed by atoms with Crippen LogP contribution in [0.4, 0.5) is 0 Å². The number of carboxylic acids is 2. The van der Waals surface area contributed by atoms with Gasteiger partial charge in [0, 0.05) is 35.5 Å². The zero-order valence-electron chi connectivity index (χ0n) is 50.5. The van der Waals surface area contributed by atoms with Crippen LogP contribution in [0.25, 0.3) is 0 Å². The summed E-state index contributed by atoms with van der Waals surface area (Å²) < 4.78 is 4.53. The van der Waals surface area contributed by atoms with E-state index in [-0.39, 0.29) is 108 Å². The van der Waals surface area contributed by atoms with E-state index in [0.29, 0.717) is 49.2 Å². The molecule has 19 nitrogen and oxygen atoms in total. The maximum Gasteiger partial charge on any atom is 0.317 e. The molecule has 0 spiro atoms. The predicted molar refractivity (Wildman–Crippen MR) is 343 cm³/mol. The number of aliphatic carboxylic acids is 2. The van der Waals surface area contributed by atoms with Crippen molar-refractivity contribution in [3.63, 3.8) is 0 Å². The first-order chi connectivity index (χ1) is 38.0. The fourth-order valence-electron chi connectivity index (χ4n) is 11.1. The highest BCUT2D eigenvalue weighted by molar-refractivity contribution is 6.05. The van der Waals surface area contributed by atoms with E-state index in [1.807, 2.05) is 83.1 Å². The number of amidine groups is 2. The van der Waals surface area contributed by atoms with Gasteiger partial charge in [-0.3, -0.25) is 49.1 Å². The number of primary amides is 2. The van der Waals surface area contributed by atoms with Gasteiger partial charge in [0.25, 0.3) is 0 Å². The van der Waals surface area contributed by atoms with Gasteiger partial charge in [-0.25, -0.2) is 4.99 Å². The lowest BCUT2D eigenvalue weighted by atomic mass is 9.78. The molecule has 492 valence electrons. The summed E-state index contributed by atoms with van der Waals surface area (Å²) in [6.45, 7) is 24.0. The molecule has 0 aromatic rings. The largest absolute Gasteiger partial charge is 0.481 e. The number of nitrogens with one attached hydrogen (secondary N) is 2. The topological polar surface area (TPSA) is 360 Å². The number of esters is 2. The van der Waals surface area contributed by atoms with Crippen LogP contribution in [0.3, 0.4) is 0 Å². The summed E-state index contributed by atoms with van der Waals surface area (Å²) in [4.78, 5) is 91.1. The van der Waals surface area contributed by atoms with Crippen LogP contribution in [0, 0.1) is 99.1 Å². The number of ether oxygens (including phenoxy) is 1. The molecule has 0 bridgehead atoms. The van der Waals surface area contributed by atoms with Crippen molar-refractivity contribution < 1.29 is 53.3 Å². The van der Waals surface area contributed by atoms with E-state index < -0.39 is 35.6 Å². The highest BCUT2D eigenvalue weighted by Gasteiger charge is 2.45. The summed E-state index contributed by atoms with van der Waals surface area (Å²) in [7, 11) is 0. The number of carboxylic acid groups (broad SMARTS) is 2. The molecule has 6 unspecified atom stereocenters. The van der Waals surface area contributed by atoms with Crippen LogP contribution in [0.1, 0.15) is 274 Å². The smallest absolute Gasteiger partial charge is 0.317 e. The summed E-state index contributed by atoms with van der Waals surface area (Å²) >= 11 is 0. The van der Waals surface area contributed by atoms with Crippen molar-refractivity contribution in [3.8, 4) is 12.1 Å². The minimum absolute atomic E-state index is 0. The van der Waals surface area contributed by atoms with Crippen LogP contribution >= 0.6 is 0 Å². The van der Waals surface area contributed by atoms with E-state index in [2.05, 4.69) is 27.2 Å². The normalized spacial score (nSPS) is 27.2. The Balaban J connectivity index is -0.000000131. The van der Waals surface area contributed by atoms with Gasteiger partial charge >= 0.3 is 23.9 Å². The van der Waals surface area contributed by atoms with Gasteiger partial charge in [0.05, 0.1) is 47.6 Å². The van der Waals surface area contributed by atoms with Crippen molar-refractivity contribution in [2.75, 3.05) is 0 Å². The van der Waals surface area contributed by atoms with Gasteiger partial charge < -0.3 is 32.2 Å². The second-order valence-electron chi connectivity index (χ2n) is 19.2. The summed E-state index contributed by atoms with van der Waals surface area (Å²) in [6.07, 6.45) is 22.7. The van der Waals surface area contributed by atoms with E-state index in [0.717, 1.165) is 116 Å². The molecule has 0 aromatic carbocycles. The molecule has 19 heteroatoms. The molecule has 2 saturated heterocycles. The summed E-state index contributed by atoms with van der Waals surface area (Å²) in [5.74, 6) is -3.52. The summed E-state index contributed by atoms with van der Waals surface area (Å²) in [5.41, 5.74) is 16.0. The fourth-order valence-corrected chi connectivity index (χ4v) is 11.1. The molecule has 3 heterocycles. The highest BCUT2D eigenvalue weighted by Crippen LogP contribution is 2.38. The third-order valence-corrected chi connectivity index (χ3v) is 15.0. The van der Waals surface area contributed by atoms with Crippen molar-refractivity contribution in [2.45, 2.75) is 274 Å². The number of nitriles is 2. The zero-order chi connectivity index (χ0) is 61.2. The van der Waals surface area contributed by atoms with Crippen molar-refractivity contribution in [3.05, 3.63) is 0 Å². The van der Waals surface area contributed by atoms with Gasteiger partial charge in [-0.2, -0.15) is 10.5 Å². The van der Waals surface area contributed by atoms with E-state index in [9.17, 15) is 38.4 Å². The Labute approximate surface area is 511 Å². The van der Waals surface area contributed by atoms with Crippen molar-refractivity contribution in [2.24, 2.45) is 93.2 Å². The standard InChI is InChI=1S/C8H13N3.C8H14N2O2.C8H10N2.C8H11NO2.C8H12O4.C8H10O3.6C2H6.5CH4/c9-7-5-3-1-2-4-6(5)8(10)11-7;9-7(11)5-3-1-2-4-6(5)8(10)12;9-5-7-3-1-2-4-8(7)6-10;10-7-5-3-1-2-4-6(5)8(11)9-7;9-7(10)5-3-1-2-4-6(5)8(11)12;9-7-5-3-1-2-4-6(5)8(10)11-7;6*1-2;;;;;/h5-6H,1-4H2,(H3,9,10,11);5-6H,1-4H2,(H2,9,11)(H2,10,12);7-8H,1-4H2;5-6H,1-4H2,(H,9,10,11);5-6H,1-4H2,(H,9,10)(H,11,12);5-6H,1-4H2;6*1-2H3;5*1H4/t2*5-,6?;7-,8?;3*5-,6?;;;;;;;;;;;/m001000.........../s1. The van der Waals surface area contributed by atoms with Crippen LogP contribution in [0.15, 0.2) is 4.99 Å². The number of aliphatic imine (C=N–C) groups is 1. The summed E-state index contributed by atoms with van der Waals surface area (Å²) in [5, 5.41) is 44.5. The Kier molecular flexibility index (Phi) is 63.6. The molecule has 10 N–H and O–H groups in total. The number of hydrogen-bond donors (Lipinski definition) is 7. The fraction of sp³-hybridized carbons (Fsp3) is 0.815. The van der Waals surface area contributed by atoms with Crippen LogP contribution in [0.2, 0.25) is 0 Å². The lowest BCUT2D eigenvalue weighted by Gasteiger charge is -2.26. The Hall–Kier alpha value is -5.72. The Morgan fingerprint density at radius 3 is 0.976 bits per heavy atom. The lowest BCUT2D eigenvalue weighted by molar-refractivity contribution is -0.155. The molecule has 4 amide bonds. The number of nitrogens with two attached hydrogens (primary N) is 3. The first-order valence-corrected chi connectivity index (χ1v) is 30.4. The van der Waals surface area contributed by atoms with Gasteiger partial charge in [0.1, 0.15) is 11.7 Å². The minimum atomic E-state index is -0.970. The number of amides is 4. The second-order valence-corrected chi connectivity index (χ2v) is 19.2. The minimum Gasteiger partial charge on any atom is -0.481 e. The molecule has 0 radical (unpaired) electrons. The van der Waals surface area contributed by atoms with E-state index in [1.54, 1.807) is 0 Å². The van der Waals surface area contributed by atoms with E-state index in [4.69, 9.17) is 43.3 Å². The third-order valence-electron chi connectivity index (χ3n) is 15.0. The van der Waals surface area contributed by atoms with E-state index in [1.165, 1.54) is 12.8 Å². The quantitative estimate of drug-likeness (QED) is 0.0782. The maximum absolute atomic E-state index is 11.1. The third kappa shape index (κ3) is 32.0. The predicted octanol–water partition coefficient (Wildman–Crippen LogP) is 14.4. The molecule has 9 aliphatic rings. The van der Waals surface area contributed by atoms with Crippen molar-refractivity contribution >= 4 is 59.2 Å². The molecule has 6 saturated carbocycles. The number of cyclic esters (lactones) is 2. The van der Waals surface area contributed by atoms with Gasteiger partial charge in [0.2, 0.25) is 23.6 Å². The molecular weight excluding hydrogens is 1070 g/mol. The Morgan fingerprint density at radius 1 is 0.452 bits per heavy atom. The molecule has 84 heavy (non-hydrogen) atoms. The molecule has 8 fully saturated rings. The Bertz CT molecular complexity index is 1750. The average Bonchev–Trinajstić information content (AvgIpc) is 4.09. The molecular formula is C65H126N8O11. The number of fused-ring (bicyclic) bond motifs is 3. The number of carbonyl (C=O) groups is 8. The van der Waals surface area contributed by atoms with Gasteiger partial charge in [-0.1, -0.05) is 197 Å².